The molecule has 2 fully saturated rings. The second-order valence-electron chi connectivity index (χ2n) is 8.39. The molecule has 174 valence electrons. The van der Waals surface area contributed by atoms with Crippen LogP contribution < -0.4 is 0 Å². The second kappa shape index (κ2) is 8.56. The molecule has 0 unspecified atom stereocenters. The third-order valence-electron chi connectivity index (χ3n) is 6.46. The Kier molecular flexibility index (Phi) is 5.86. The minimum absolute atomic E-state index is 0.0260. The van der Waals surface area contributed by atoms with E-state index in [9.17, 15) is 22.8 Å². The third-order valence-corrected chi connectivity index (χ3v) is 8.86. The van der Waals surface area contributed by atoms with Crippen LogP contribution in [0.2, 0.25) is 5.02 Å². The molecule has 2 saturated heterocycles. The number of alkyl halides is 3. The van der Waals surface area contributed by atoms with Gasteiger partial charge in [0.15, 0.2) is 5.01 Å². The molecule has 0 aliphatic carbocycles. The highest BCUT2D eigenvalue weighted by atomic mass is 35.5. The van der Waals surface area contributed by atoms with E-state index in [1.165, 1.54) is 17.4 Å². The number of halogens is 4. The average Bonchev–Trinajstić information content (AvgIpc) is 3.40. The molecule has 1 aromatic carbocycles. The first-order valence-corrected chi connectivity index (χ1v) is 12.6. The monoisotopic (exact) mass is 513 g/mol. The van der Waals surface area contributed by atoms with Crippen LogP contribution in [0.5, 0.6) is 0 Å². The van der Waals surface area contributed by atoms with Crippen molar-refractivity contribution >= 4 is 56.2 Å². The summed E-state index contributed by atoms with van der Waals surface area (Å²) < 4.78 is 39.4. The van der Waals surface area contributed by atoms with Crippen LogP contribution in [0.1, 0.15) is 37.9 Å². The number of aromatic nitrogens is 1. The van der Waals surface area contributed by atoms with Gasteiger partial charge in [0.25, 0.3) is 11.8 Å². The number of thiazole rings is 1. The van der Waals surface area contributed by atoms with Crippen molar-refractivity contribution in [1.29, 1.82) is 0 Å². The number of thiophene rings is 1. The number of nitrogens with zero attached hydrogens (tertiary/aromatic N) is 3. The fourth-order valence-corrected chi connectivity index (χ4v) is 6.66. The molecule has 2 aliphatic heterocycles. The summed E-state index contributed by atoms with van der Waals surface area (Å²) >= 11 is 8.70. The van der Waals surface area contributed by atoms with Gasteiger partial charge in [0.2, 0.25) is 0 Å². The van der Waals surface area contributed by atoms with E-state index in [2.05, 4.69) is 4.98 Å². The summed E-state index contributed by atoms with van der Waals surface area (Å²) in [7, 11) is 0. The molecule has 33 heavy (non-hydrogen) atoms. The highest BCUT2D eigenvalue weighted by molar-refractivity contribution is 7.21. The van der Waals surface area contributed by atoms with Crippen molar-refractivity contribution < 1.29 is 22.8 Å². The van der Waals surface area contributed by atoms with Gasteiger partial charge in [0.1, 0.15) is 4.88 Å². The quantitative estimate of drug-likeness (QED) is 0.454. The van der Waals surface area contributed by atoms with E-state index in [1.54, 1.807) is 16.5 Å². The zero-order valence-corrected chi connectivity index (χ0v) is 19.7. The lowest BCUT2D eigenvalue weighted by atomic mass is 9.79. The standard InChI is InChI=1S/C22H19ClF3N3O2S2/c23-17-15-2-1-14(22(24,25)26)9-16(15)33-18(17)20(30)29-10-13(11-29)12-3-6-28(7-4-12)21(31)19-27-5-8-32-19/h1-2,5,8-9,12-13H,3-4,6-7,10-11H2. The van der Waals surface area contributed by atoms with Gasteiger partial charge in [0.05, 0.1) is 10.6 Å². The van der Waals surface area contributed by atoms with Crippen LogP contribution in [-0.4, -0.2) is 52.8 Å². The van der Waals surface area contributed by atoms with Gasteiger partial charge >= 0.3 is 6.18 Å². The molecular weight excluding hydrogens is 495 g/mol. The van der Waals surface area contributed by atoms with E-state index in [-0.39, 0.29) is 21.7 Å². The predicted molar refractivity (Wildman–Crippen MR) is 122 cm³/mol. The number of piperidine rings is 1. The Morgan fingerprint density at radius 3 is 2.42 bits per heavy atom. The first kappa shape index (κ1) is 22.6. The zero-order valence-electron chi connectivity index (χ0n) is 17.3. The summed E-state index contributed by atoms with van der Waals surface area (Å²) in [6.45, 7) is 2.55. The molecule has 2 aromatic heterocycles. The number of hydrogen-bond donors (Lipinski definition) is 0. The Bertz CT molecular complexity index is 1200. The molecule has 0 saturated carbocycles. The smallest absolute Gasteiger partial charge is 0.337 e. The minimum Gasteiger partial charge on any atom is -0.337 e. The molecule has 0 N–H and O–H groups in total. The maximum atomic E-state index is 13.0. The summed E-state index contributed by atoms with van der Waals surface area (Å²) in [5.41, 5.74) is -0.754. The Hall–Kier alpha value is -2.17. The lowest BCUT2D eigenvalue weighted by Crippen LogP contribution is -2.54. The van der Waals surface area contributed by atoms with E-state index in [1.807, 2.05) is 4.90 Å². The number of fused-ring (bicyclic) bond motifs is 1. The topological polar surface area (TPSA) is 53.5 Å². The molecule has 0 bridgehead atoms. The minimum atomic E-state index is -4.44. The van der Waals surface area contributed by atoms with E-state index in [0.29, 0.717) is 53.1 Å². The van der Waals surface area contributed by atoms with Gasteiger partial charge in [-0.2, -0.15) is 13.2 Å². The highest BCUT2D eigenvalue weighted by Gasteiger charge is 2.39. The average molecular weight is 514 g/mol. The number of rotatable bonds is 3. The van der Waals surface area contributed by atoms with Gasteiger partial charge in [0, 0.05) is 47.8 Å². The maximum absolute atomic E-state index is 13.0. The van der Waals surface area contributed by atoms with Crippen molar-refractivity contribution in [3.63, 3.8) is 0 Å². The molecule has 11 heteroatoms. The summed E-state index contributed by atoms with van der Waals surface area (Å²) in [6.07, 6.45) is -1.05. The van der Waals surface area contributed by atoms with Gasteiger partial charge in [-0.1, -0.05) is 17.7 Å². The number of hydrogen-bond acceptors (Lipinski definition) is 5. The van der Waals surface area contributed by atoms with E-state index in [0.717, 1.165) is 36.3 Å². The molecule has 2 amide bonds. The summed E-state index contributed by atoms with van der Waals surface area (Å²) in [5.74, 6) is 0.530. The largest absolute Gasteiger partial charge is 0.416 e. The molecule has 2 aliphatic rings. The molecule has 5 nitrogen and oxygen atoms in total. The van der Waals surface area contributed by atoms with E-state index >= 15 is 0 Å². The zero-order chi connectivity index (χ0) is 23.3. The fraction of sp³-hybridized carbons (Fsp3) is 0.409. The van der Waals surface area contributed by atoms with E-state index < -0.39 is 11.7 Å². The highest BCUT2D eigenvalue weighted by Crippen LogP contribution is 2.41. The first-order chi connectivity index (χ1) is 15.7. The van der Waals surface area contributed by atoms with Gasteiger partial charge < -0.3 is 9.80 Å². The van der Waals surface area contributed by atoms with Crippen LogP contribution in [0.15, 0.2) is 29.8 Å². The lowest BCUT2D eigenvalue weighted by molar-refractivity contribution is -0.137. The second-order valence-corrected chi connectivity index (χ2v) is 10.7. The molecule has 0 spiro atoms. The van der Waals surface area contributed by atoms with Crippen LogP contribution in [0, 0.1) is 11.8 Å². The summed E-state index contributed by atoms with van der Waals surface area (Å²) in [5, 5.41) is 2.98. The Labute approximate surface area is 200 Å². The first-order valence-electron chi connectivity index (χ1n) is 10.5. The van der Waals surface area contributed by atoms with Gasteiger partial charge in [-0.05, 0) is 36.8 Å². The van der Waals surface area contributed by atoms with Gasteiger partial charge in [-0.3, -0.25) is 9.59 Å². The number of carbonyl (C=O) groups excluding carboxylic acids is 2. The van der Waals surface area contributed by atoms with Crippen LogP contribution >= 0.6 is 34.3 Å². The normalized spacial score (nSPS) is 18.1. The Morgan fingerprint density at radius 1 is 1.06 bits per heavy atom. The third kappa shape index (κ3) is 4.24. The SMILES string of the molecule is O=C(c1nccs1)N1CCC(C2CN(C(=O)c3sc4cc(C(F)(F)F)ccc4c3Cl)C2)CC1. The number of benzene rings is 1. The number of carbonyl (C=O) groups is 2. The van der Waals surface area contributed by atoms with Crippen LogP contribution in [-0.2, 0) is 6.18 Å². The molecule has 4 heterocycles. The van der Waals surface area contributed by atoms with Gasteiger partial charge in [-0.25, -0.2) is 4.98 Å². The Balaban J connectivity index is 1.19. The molecule has 0 atom stereocenters. The van der Waals surface area contributed by atoms with Crippen molar-refractivity contribution in [2.24, 2.45) is 11.8 Å². The van der Waals surface area contributed by atoms with Crippen molar-refractivity contribution in [3.05, 3.63) is 50.2 Å². The number of likely N-dealkylation sites (tertiary alicyclic amines) is 2. The van der Waals surface area contributed by atoms with Crippen LogP contribution in [0.25, 0.3) is 10.1 Å². The molecule has 0 radical (unpaired) electrons. The predicted octanol–water partition coefficient (Wildman–Crippen LogP) is 5.65. The number of amides is 2. The van der Waals surface area contributed by atoms with Crippen molar-refractivity contribution in [2.45, 2.75) is 19.0 Å². The van der Waals surface area contributed by atoms with E-state index in [4.69, 9.17) is 11.6 Å². The molecule has 3 aromatic rings. The maximum Gasteiger partial charge on any atom is 0.416 e. The fourth-order valence-electron chi connectivity index (χ4n) is 4.54. The molecule has 5 rings (SSSR count). The Morgan fingerprint density at radius 2 is 1.79 bits per heavy atom. The van der Waals surface area contributed by atoms with Crippen molar-refractivity contribution in [2.75, 3.05) is 26.2 Å². The van der Waals surface area contributed by atoms with Crippen molar-refractivity contribution in [3.8, 4) is 0 Å². The van der Waals surface area contributed by atoms with Gasteiger partial charge in [-0.15, -0.1) is 22.7 Å². The molecular formula is C22H19ClF3N3O2S2. The summed E-state index contributed by atoms with van der Waals surface area (Å²) in [4.78, 5) is 33.3. The van der Waals surface area contributed by atoms with Crippen molar-refractivity contribution in [1.82, 2.24) is 14.8 Å². The van der Waals surface area contributed by atoms with Crippen LogP contribution in [0.3, 0.4) is 0 Å². The summed E-state index contributed by atoms with van der Waals surface area (Å²) in [6, 6.07) is 3.36. The lowest BCUT2D eigenvalue weighted by Gasteiger charge is -2.45. The van der Waals surface area contributed by atoms with Crippen LogP contribution in [0.4, 0.5) is 13.2 Å².